The van der Waals surface area contributed by atoms with Crippen molar-refractivity contribution in [2.45, 2.75) is 31.6 Å². The Morgan fingerprint density at radius 1 is 0.974 bits per heavy atom. The smallest absolute Gasteiger partial charge is 0.267 e. The second kappa shape index (κ2) is 10.3. The minimum Gasteiger partial charge on any atom is -0.439 e. The van der Waals surface area contributed by atoms with E-state index < -0.39 is 10.0 Å². The number of hydrogen-bond donors (Lipinski definition) is 1. The lowest BCUT2D eigenvalue weighted by Gasteiger charge is -2.28. The van der Waals surface area contributed by atoms with Crippen LogP contribution in [0, 0.1) is 13.8 Å². The van der Waals surface area contributed by atoms with Gasteiger partial charge in [-0.2, -0.15) is 10.1 Å². The molecule has 0 atom stereocenters. The first kappa shape index (κ1) is 25.4. The molecule has 1 aliphatic rings. The molecule has 1 N–H and O–H groups in total. The van der Waals surface area contributed by atoms with Crippen molar-refractivity contribution in [2.24, 2.45) is 7.05 Å². The highest BCUT2D eigenvalue weighted by atomic mass is 32.2. The summed E-state index contributed by atoms with van der Waals surface area (Å²) in [5.41, 5.74) is 4.38. The van der Waals surface area contributed by atoms with E-state index in [1.807, 2.05) is 56.3 Å². The molecular weight excluding hydrogens is 504 g/mol. The van der Waals surface area contributed by atoms with Gasteiger partial charge in [-0.05, 0) is 49.2 Å². The Labute approximate surface area is 221 Å². The van der Waals surface area contributed by atoms with E-state index in [-0.39, 0.29) is 16.7 Å². The van der Waals surface area contributed by atoms with Crippen LogP contribution in [0.3, 0.4) is 0 Å². The molecule has 3 heterocycles. The number of anilines is 2. The van der Waals surface area contributed by atoms with Gasteiger partial charge in [0.15, 0.2) is 0 Å². The second-order valence-corrected chi connectivity index (χ2v) is 10.9. The third-order valence-corrected chi connectivity index (χ3v) is 7.69. The fourth-order valence-electron chi connectivity index (χ4n) is 4.45. The molecule has 0 bridgehead atoms. The van der Waals surface area contributed by atoms with E-state index in [1.54, 1.807) is 13.1 Å². The molecule has 0 aliphatic carbocycles. The molecule has 1 aliphatic heterocycles. The van der Waals surface area contributed by atoms with E-state index >= 15 is 0 Å². The number of sulfonamides is 1. The van der Waals surface area contributed by atoms with Gasteiger partial charge in [0, 0.05) is 56.5 Å². The lowest BCUT2D eigenvalue weighted by molar-refractivity contribution is -0.119. The highest BCUT2D eigenvalue weighted by molar-refractivity contribution is 7.92. The van der Waals surface area contributed by atoms with Crippen LogP contribution in [0.2, 0.25) is 0 Å². The van der Waals surface area contributed by atoms with Gasteiger partial charge >= 0.3 is 0 Å². The van der Waals surface area contributed by atoms with Crippen molar-refractivity contribution >= 4 is 27.4 Å². The fourth-order valence-corrected chi connectivity index (χ4v) is 5.37. The molecular formula is C27H28N6O4S. The van der Waals surface area contributed by atoms with Crippen LogP contribution in [0.1, 0.15) is 24.0 Å². The zero-order valence-corrected chi connectivity index (χ0v) is 22.2. The number of nitrogens with one attached hydrogen (secondary N) is 1. The van der Waals surface area contributed by atoms with Crippen LogP contribution in [0.25, 0.3) is 11.3 Å². The Balaban J connectivity index is 1.47. The maximum absolute atomic E-state index is 13.0. The highest BCUT2D eigenvalue weighted by Gasteiger charge is 2.21. The van der Waals surface area contributed by atoms with E-state index in [4.69, 9.17) is 4.74 Å². The minimum absolute atomic E-state index is 0.00135. The summed E-state index contributed by atoms with van der Waals surface area (Å²) >= 11 is 0. The third-order valence-electron chi connectivity index (χ3n) is 6.40. The standard InChI is InChI=1S/C27H28N6O4S/c1-18-5-4-6-19(2)26(18)24-15-25(30-27(29-24)31-38(35,36)23-16-28-32(3)17-23)37-22-9-7-20(8-10-22)33-13-11-21(34)12-14-33/h4-10,15-17H,11-14H2,1-3H3,(H,29,30,31). The topological polar surface area (TPSA) is 119 Å². The monoisotopic (exact) mass is 532 g/mol. The van der Waals surface area contributed by atoms with Crippen LogP contribution in [0.15, 0.2) is 65.8 Å². The molecule has 0 amide bonds. The summed E-state index contributed by atoms with van der Waals surface area (Å²) in [5, 5.41) is 3.94. The van der Waals surface area contributed by atoms with Crippen LogP contribution in [-0.4, -0.2) is 47.0 Å². The molecule has 0 saturated carbocycles. The Kier molecular flexibility index (Phi) is 6.85. The number of rotatable bonds is 7. The molecule has 0 radical (unpaired) electrons. The number of nitrogens with zero attached hydrogens (tertiary/aromatic N) is 5. The molecule has 1 saturated heterocycles. The Morgan fingerprint density at radius 3 is 2.29 bits per heavy atom. The molecule has 4 aromatic rings. The molecule has 2 aromatic heterocycles. The Hall–Kier alpha value is -4.25. The summed E-state index contributed by atoms with van der Waals surface area (Å²) in [6.07, 6.45) is 3.76. The first-order valence-electron chi connectivity index (χ1n) is 12.2. The lowest BCUT2D eigenvalue weighted by Crippen LogP contribution is -2.33. The molecule has 196 valence electrons. The van der Waals surface area contributed by atoms with Gasteiger partial charge in [0.25, 0.3) is 10.0 Å². The summed E-state index contributed by atoms with van der Waals surface area (Å²) in [6.45, 7) is 5.34. The van der Waals surface area contributed by atoms with E-state index in [0.29, 0.717) is 43.2 Å². The van der Waals surface area contributed by atoms with Crippen LogP contribution in [-0.2, 0) is 21.9 Å². The van der Waals surface area contributed by atoms with Crippen molar-refractivity contribution in [2.75, 3.05) is 22.7 Å². The van der Waals surface area contributed by atoms with Crippen molar-refractivity contribution in [3.05, 3.63) is 72.1 Å². The van der Waals surface area contributed by atoms with E-state index in [9.17, 15) is 13.2 Å². The highest BCUT2D eigenvalue weighted by Crippen LogP contribution is 2.31. The summed E-state index contributed by atoms with van der Waals surface area (Å²) in [4.78, 5) is 22.6. The minimum atomic E-state index is -3.97. The Morgan fingerprint density at radius 2 is 1.66 bits per heavy atom. The van der Waals surface area contributed by atoms with Gasteiger partial charge in [0.05, 0.1) is 11.9 Å². The van der Waals surface area contributed by atoms with Crippen LogP contribution in [0.4, 0.5) is 11.6 Å². The van der Waals surface area contributed by atoms with Crippen molar-refractivity contribution in [1.82, 2.24) is 19.7 Å². The molecule has 1 fully saturated rings. The number of ketones is 1. The average Bonchev–Trinajstić information content (AvgIpc) is 3.32. The lowest BCUT2D eigenvalue weighted by atomic mass is 10.00. The maximum atomic E-state index is 13.0. The largest absolute Gasteiger partial charge is 0.439 e. The quantitative estimate of drug-likeness (QED) is 0.375. The number of Topliss-reactive ketones (excluding diaryl/α,β-unsaturated/α-hetero) is 1. The average molecular weight is 533 g/mol. The summed E-state index contributed by atoms with van der Waals surface area (Å²) in [7, 11) is -2.33. The van der Waals surface area contributed by atoms with Crippen LogP contribution >= 0.6 is 0 Å². The molecule has 5 rings (SSSR count). The SMILES string of the molecule is Cc1cccc(C)c1-c1cc(Oc2ccc(N3CCC(=O)CC3)cc2)nc(NS(=O)(=O)c2cnn(C)c2)n1. The first-order valence-corrected chi connectivity index (χ1v) is 13.7. The molecule has 10 nitrogen and oxygen atoms in total. The number of ether oxygens (including phenoxy) is 1. The molecule has 0 unspecified atom stereocenters. The van der Waals surface area contributed by atoms with Crippen molar-refractivity contribution in [3.63, 3.8) is 0 Å². The molecule has 11 heteroatoms. The number of carbonyl (C=O) groups excluding carboxylic acids is 1. The van der Waals surface area contributed by atoms with Gasteiger partial charge < -0.3 is 9.64 Å². The van der Waals surface area contributed by atoms with Gasteiger partial charge in [-0.1, -0.05) is 18.2 Å². The van der Waals surface area contributed by atoms with E-state index in [0.717, 1.165) is 22.4 Å². The van der Waals surface area contributed by atoms with E-state index in [2.05, 4.69) is 24.7 Å². The predicted octanol–water partition coefficient (Wildman–Crippen LogP) is 4.26. The molecule has 38 heavy (non-hydrogen) atoms. The van der Waals surface area contributed by atoms with Gasteiger partial charge in [-0.3, -0.25) is 9.48 Å². The fraction of sp³-hybridized carbons (Fsp3) is 0.259. The Bertz CT molecular complexity index is 1570. The molecule has 0 spiro atoms. The number of carbonyl (C=O) groups is 1. The summed E-state index contributed by atoms with van der Waals surface area (Å²) < 4.78 is 35.9. The van der Waals surface area contributed by atoms with E-state index in [1.165, 1.54) is 17.1 Å². The summed E-state index contributed by atoms with van der Waals surface area (Å²) in [6, 6.07) is 15.1. The third kappa shape index (κ3) is 5.52. The first-order chi connectivity index (χ1) is 18.2. The van der Waals surface area contributed by atoms with Crippen LogP contribution < -0.4 is 14.4 Å². The van der Waals surface area contributed by atoms with Gasteiger partial charge in [-0.15, -0.1) is 0 Å². The predicted molar refractivity (Wildman–Crippen MR) is 144 cm³/mol. The van der Waals surface area contributed by atoms with Crippen molar-refractivity contribution in [1.29, 1.82) is 0 Å². The van der Waals surface area contributed by atoms with Gasteiger partial charge in [0.1, 0.15) is 16.4 Å². The number of hydrogen-bond acceptors (Lipinski definition) is 8. The van der Waals surface area contributed by atoms with Crippen molar-refractivity contribution < 1.29 is 17.9 Å². The zero-order valence-electron chi connectivity index (χ0n) is 21.4. The van der Waals surface area contributed by atoms with Crippen molar-refractivity contribution in [3.8, 4) is 22.9 Å². The van der Waals surface area contributed by atoms with Gasteiger partial charge in [-0.25, -0.2) is 18.1 Å². The normalized spacial score (nSPS) is 14.0. The van der Waals surface area contributed by atoms with Gasteiger partial charge in [0.2, 0.25) is 11.8 Å². The molecule has 2 aromatic carbocycles. The number of aromatic nitrogens is 4. The number of benzene rings is 2. The summed E-state index contributed by atoms with van der Waals surface area (Å²) in [5.74, 6) is 0.908. The second-order valence-electron chi connectivity index (χ2n) is 9.26. The zero-order chi connectivity index (χ0) is 26.9. The van der Waals surface area contributed by atoms with Crippen LogP contribution in [0.5, 0.6) is 11.6 Å². The number of aryl methyl sites for hydroxylation is 3. The maximum Gasteiger partial charge on any atom is 0.267 e. The number of piperidine rings is 1.